The van der Waals surface area contributed by atoms with Crippen LogP contribution >= 0.6 is 0 Å². The van der Waals surface area contributed by atoms with E-state index in [9.17, 15) is 0 Å². The van der Waals surface area contributed by atoms with E-state index in [0.717, 1.165) is 23.7 Å². The van der Waals surface area contributed by atoms with Crippen LogP contribution in [0.3, 0.4) is 0 Å². The number of benzene rings is 2. The molecule has 0 N–H and O–H groups in total. The first kappa shape index (κ1) is 17.5. The lowest BCUT2D eigenvalue weighted by Crippen LogP contribution is -2.62. The molecule has 4 fully saturated rings. The summed E-state index contributed by atoms with van der Waals surface area (Å²) in [6, 6.07) is 18.8. The van der Waals surface area contributed by atoms with Crippen LogP contribution in [-0.4, -0.2) is 4.57 Å². The lowest BCUT2D eigenvalue weighted by Gasteiger charge is -2.64. The molecule has 154 valence electrons. The minimum atomic E-state index is 0.176. The second-order valence-electron chi connectivity index (χ2n) is 10.8. The third-order valence-corrected chi connectivity index (χ3v) is 9.49. The third-order valence-electron chi connectivity index (χ3n) is 9.49. The van der Waals surface area contributed by atoms with Crippen molar-refractivity contribution in [1.82, 2.24) is 4.57 Å². The lowest BCUT2D eigenvalue weighted by molar-refractivity contribution is -0.0596. The maximum atomic E-state index is 2.92. The molecule has 0 radical (unpaired) electrons. The molecule has 0 saturated heterocycles. The van der Waals surface area contributed by atoms with Gasteiger partial charge < -0.3 is 9.47 Å². The molecule has 4 saturated carbocycles. The molecule has 30 heavy (non-hydrogen) atoms. The van der Waals surface area contributed by atoms with E-state index in [0.29, 0.717) is 6.04 Å². The molecule has 2 nitrogen and oxygen atoms in total. The number of aryl methyl sites for hydroxylation is 2. The van der Waals surface area contributed by atoms with Gasteiger partial charge in [-0.3, -0.25) is 0 Å². The maximum Gasteiger partial charge on any atom is 0.0741 e. The summed E-state index contributed by atoms with van der Waals surface area (Å²) < 4.78 is 2.53. The number of para-hydroxylation sites is 2. The Morgan fingerprint density at radius 2 is 1.47 bits per heavy atom. The fourth-order valence-electron chi connectivity index (χ4n) is 8.83. The molecule has 4 aliphatic carbocycles. The average Bonchev–Trinajstić information content (AvgIpc) is 3.18. The largest absolute Gasteiger partial charge is 0.353 e. The zero-order chi connectivity index (χ0) is 20.2. The van der Waals surface area contributed by atoms with Gasteiger partial charge in [0.2, 0.25) is 0 Å². The first-order valence-corrected chi connectivity index (χ1v) is 12.0. The van der Waals surface area contributed by atoms with Crippen molar-refractivity contribution in [2.75, 3.05) is 4.90 Å². The van der Waals surface area contributed by atoms with Gasteiger partial charge in [-0.05, 0) is 87.3 Å². The predicted octanol–water partition coefficient (Wildman–Crippen LogP) is 6.72. The normalized spacial score (nSPS) is 36.2. The van der Waals surface area contributed by atoms with Gasteiger partial charge >= 0.3 is 0 Å². The van der Waals surface area contributed by atoms with Crippen molar-refractivity contribution in [2.24, 2.45) is 30.7 Å². The van der Waals surface area contributed by atoms with Crippen LogP contribution in [0, 0.1) is 30.6 Å². The van der Waals surface area contributed by atoms with Crippen LogP contribution in [-0.2, 0) is 12.6 Å². The first-order chi connectivity index (χ1) is 14.6. The molecule has 1 atom stereocenters. The van der Waals surface area contributed by atoms with Crippen LogP contribution < -0.4 is 4.90 Å². The summed E-state index contributed by atoms with van der Waals surface area (Å²) in [4.78, 5) is 2.92. The molecule has 4 bridgehead atoms. The predicted molar refractivity (Wildman–Crippen MR) is 124 cm³/mol. The highest BCUT2D eigenvalue weighted by molar-refractivity contribution is 5.90. The van der Waals surface area contributed by atoms with E-state index in [1.807, 2.05) is 0 Å². The van der Waals surface area contributed by atoms with E-state index in [2.05, 4.69) is 78.9 Å². The molecule has 3 aromatic rings. The molecule has 0 unspecified atom stereocenters. The van der Waals surface area contributed by atoms with Crippen molar-refractivity contribution in [3.63, 3.8) is 0 Å². The van der Waals surface area contributed by atoms with Gasteiger partial charge in [0.25, 0.3) is 0 Å². The third kappa shape index (κ3) is 1.88. The van der Waals surface area contributed by atoms with Gasteiger partial charge in [0, 0.05) is 34.9 Å². The van der Waals surface area contributed by atoms with Gasteiger partial charge in [-0.25, -0.2) is 0 Å². The Hall–Kier alpha value is -2.22. The van der Waals surface area contributed by atoms with E-state index in [-0.39, 0.29) is 5.54 Å². The second kappa shape index (κ2) is 5.72. The Labute approximate surface area is 179 Å². The minimum Gasteiger partial charge on any atom is -0.353 e. The summed E-state index contributed by atoms with van der Waals surface area (Å²) >= 11 is 0. The van der Waals surface area contributed by atoms with E-state index in [1.165, 1.54) is 54.3 Å². The smallest absolute Gasteiger partial charge is 0.0741 e. The Kier molecular flexibility index (Phi) is 3.33. The number of anilines is 1. The van der Waals surface area contributed by atoms with Crippen LogP contribution in [0.4, 0.5) is 5.69 Å². The van der Waals surface area contributed by atoms with E-state index < -0.39 is 0 Å². The fraction of sp³-hybridized carbons (Fsp3) is 0.500. The van der Waals surface area contributed by atoms with Gasteiger partial charge in [-0.15, -0.1) is 0 Å². The van der Waals surface area contributed by atoms with Crippen LogP contribution in [0.1, 0.15) is 61.9 Å². The lowest BCUT2D eigenvalue weighted by atomic mass is 9.47. The highest BCUT2D eigenvalue weighted by Gasteiger charge is 2.65. The molecule has 1 spiro atoms. The Balaban J connectivity index is 1.58. The molecule has 5 aliphatic rings. The summed E-state index contributed by atoms with van der Waals surface area (Å²) in [5.74, 6) is 3.54. The molecular weight excluding hydrogens is 364 g/mol. The maximum absolute atomic E-state index is 2.92. The number of hydrogen-bond donors (Lipinski definition) is 0. The highest BCUT2D eigenvalue weighted by Crippen LogP contribution is 2.69. The van der Waals surface area contributed by atoms with Gasteiger partial charge in [-0.2, -0.15) is 0 Å². The number of hydrogen-bond acceptors (Lipinski definition) is 1. The number of aromatic nitrogens is 1. The van der Waals surface area contributed by atoms with Crippen molar-refractivity contribution in [3.05, 3.63) is 65.4 Å². The number of fused-ring (bicyclic) bond motifs is 3. The average molecular weight is 397 g/mol. The topological polar surface area (TPSA) is 8.17 Å². The summed E-state index contributed by atoms with van der Waals surface area (Å²) in [7, 11) is 2.31. The standard InChI is InChI=1S/C28H32N2/c1-17-8-4-6-10-24(17)30-18(2)27-26(23-9-5-7-11-25(23)29(27)3)28(30)21-13-19-12-20(15-21)16-22(28)14-19/h4-11,18-22H,12-16H2,1-3H3/t18-,19?,20?,21?,22?,28?/m0/s1. The summed E-state index contributed by atoms with van der Waals surface area (Å²) in [5.41, 5.74) is 7.77. The summed E-state index contributed by atoms with van der Waals surface area (Å²) in [6.07, 6.45) is 7.25. The highest BCUT2D eigenvalue weighted by atomic mass is 15.3. The number of nitrogens with zero attached hydrogens (tertiary/aromatic N) is 2. The minimum absolute atomic E-state index is 0.176. The van der Waals surface area contributed by atoms with E-state index in [1.54, 1.807) is 11.3 Å². The molecule has 0 amide bonds. The van der Waals surface area contributed by atoms with Gasteiger partial charge in [0.05, 0.1) is 11.6 Å². The van der Waals surface area contributed by atoms with Gasteiger partial charge in [0.15, 0.2) is 0 Å². The quantitative estimate of drug-likeness (QED) is 0.443. The molecule has 2 heterocycles. The van der Waals surface area contributed by atoms with Crippen molar-refractivity contribution in [3.8, 4) is 0 Å². The van der Waals surface area contributed by atoms with Crippen molar-refractivity contribution in [2.45, 2.75) is 57.5 Å². The van der Waals surface area contributed by atoms with Gasteiger partial charge in [-0.1, -0.05) is 36.4 Å². The molecule has 8 rings (SSSR count). The monoisotopic (exact) mass is 396 g/mol. The van der Waals surface area contributed by atoms with Crippen LogP contribution in [0.5, 0.6) is 0 Å². The fourth-order valence-corrected chi connectivity index (χ4v) is 8.83. The van der Waals surface area contributed by atoms with Crippen molar-refractivity contribution in [1.29, 1.82) is 0 Å². The summed E-state index contributed by atoms with van der Waals surface area (Å²) in [5, 5.41) is 1.52. The van der Waals surface area contributed by atoms with Crippen LogP contribution in [0.2, 0.25) is 0 Å². The number of rotatable bonds is 1. The van der Waals surface area contributed by atoms with Crippen LogP contribution in [0.15, 0.2) is 48.5 Å². The molecular formula is C28H32N2. The zero-order valence-corrected chi connectivity index (χ0v) is 18.4. The molecule has 2 heteroatoms. The first-order valence-electron chi connectivity index (χ1n) is 12.0. The van der Waals surface area contributed by atoms with E-state index in [4.69, 9.17) is 0 Å². The van der Waals surface area contributed by atoms with Crippen molar-refractivity contribution >= 4 is 16.6 Å². The SMILES string of the molecule is Cc1ccccc1N1[C@@H](C)c2c(c3ccccc3n2C)C12C1CC3CC(C1)CC2C3. The molecule has 2 aromatic carbocycles. The van der Waals surface area contributed by atoms with Gasteiger partial charge in [0.1, 0.15) is 0 Å². The van der Waals surface area contributed by atoms with Crippen molar-refractivity contribution < 1.29 is 0 Å². The molecule has 1 aromatic heterocycles. The zero-order valence-electron chi connectivity index (χ0n) is 18.4. The Morgan fingerprint density at radius 3 is 2.17 bits per heavy atom. The Morgan fingerprint density at radius 1 is 0.833 bits per heavy atom. The summed E-state index contributed by atoms with van der Waals surface area (Å²) in [6.45, 7) is 4.79. The molecule has 1 aliphatic heterocycles. The van der Waals surface area contributed by atoms with E-state index >= 15 is 0 Å². The van der Waals surface area contributed by atoms with Crippen LogP contribution in [0.25, 0.3) is 10.9 Å². The Bertz CT molecular complexity index is 1140. The second-order valence-corrected chi connectivity index (χ2v) is 10.8.